The Balaban J connectivity index is 1.63. The van der Waals surface area contributed by atoms with Crippen LogP contribution in [0.4, 0.5) is 5.13 Å². The van der Waals surface area contributed by atoms with Gasteiger partial charge in [0, 0.05) is 5.56 Å². The van der Waals surface area contributed by atoms with Gasteiger partial charge in [0.1, 0.15) is 0 Å². The summed E-state index contributed by atoms with van der Waals surface area (Å²) in [4.78, 5) is 26.1. The predicted molar refractivity (Wildman–Crippen MR) is 106 cm³/mol. The average Bonchev–Trinajstić information content (AvgIpc) is 3.03. The molecule has 2 aromatic carbocycles. The van der Waals surface area contributed by atoms with E-state index in [1.807, 2.05) is 26.0 Å². The minimum atomic E-state index is -0.193. The van der Waals surface area contributed by atoms with E-state index in [0.29, 0.717) is 10.7 Å². The zero-order valence-electron chi connectivity index (χ0n) is 14.8. The zero-order chi connectivity index (χ0) is 18.3. The van der Waals surface area contributed by atoms with Crippen LogP contribution in [0.25, 0.3) is 21.3 Å². The second-order valence-electron chi connectivity index (χ2n) is 6.23. The molecule has 0 radical (unpaired) electrons. The first-order valence-electron chi connectivity index (χ1n) is 8.49. The molecule has 0 saturated carbocycles. The summed E-state index contributed by atoms with van der Waals surface area (Å²) in [6, 6.07) is 11.6. The number of amides is 1. The summed E-state index contributed by atoms with van der Waals surface area (Å²) in [5.41, 5.74) is 5.98. The van der Waals surface area contributed by atoms with Crippen molar-refractivity contribution in [2.24, 2.45) is 0 Å². The van der Waals surface area contributed by atoms with Crippen molar-refractivity contribution in [1.82, 2.24) is 15.0 Å². The van der Waals surface area contributed by atoms with Gasteiger partial charge in [-0.3, -0.25) is 10.1 Å². The highest BCUT2D eigenvalue weighted by Gasteiger charge is 2.12. The Morgan fingerprint density at radius 1 is 0.962 bits per heavy atom. The summed E-state index contributed by atoms with van der Waals surface area (Å²) in [7, 11) is 0. The van der Waals surface area contributed by atoms with Crippen LogP contribution in [0.1, 0.15) is 34.2 Å². The van der Waals surface area contributed by atoms with Crippen LogP contribution in [0, 0.1) is 13.8 Å². The second kappa shape index (κ2) is 6.46. The Hall–Kier alpha value is -2.86. The van der Waals surface area contributed by atoms with Gasteiger partial charge in [-0.15, -0.1) is 0 Å². The van der Waals surface area contributed by atoms with Crippen molar-refractivity contribution >= 4 is 43.6 Å². The van der Waals surface area contributed by atoms with Gasteiger partial charge in [0.25, 0.3) is 5.91 Å². The molecule has 130 valence electrons. The zero-order valence-corrected chi connectivity index (χ0v) is 15.6. The van der Waals surface area contributed by atoms with Gasteiger partial charge in [0.05, 0.1) is 32.6 Å². The number of rotatable bonds is 3. The van der Waals surface area contributed by atoms with E-state index in [0.717, 1.165) is 39.1 Å². The number of carbonyl (C=O) groups is 1. The van der Waals surface area contributed by atoms with Gasteiger partial charge in [0.15, 0.2) is 5.13 Å². The van der Waals surface area contributed by atoms with Crippen LogP contribution in [-0.4, -0.2) is 20.9 Å². The van der Waals surface area contributed by atoms with Crippen LogP contribution in [-0.2, 0) is 6.42 Å². The number of nitrogens with zero attached hydrogens (tertiary/aromatic N) is 3. The van der Waals surface area contributed by atoms with E-state index in [2.05, 4.69) is 39.3 Å². The number of aromatic nitrogens is 3. The molecule has 0 aliphatic rings. The largest absolute Gasteiger partial charge is 0.298 e. The molecule has 4 aromatic rings. The first-order valence-corrected chi connectivity index (χ1v) is 9.31. The van der Waals surface area contributed by atoms with E-state index < -0.39 is 0 Å². The SMILES string of the molecule is CCc1ccc2nc(NC(=O)c3ccc4nc(C)c(C)nc4c3)sc2c1. The van der Waals surface area contributed by atoms with Gasteiger partial charge in [0.2, 0.25) is 0 Å². The monoisotopic (exact) mass is 362 g/mol. The molecule has 1 N–H and O–H groups in total. The number of fused-ring (bicyclic) bond motifs is 2. The smallest absolute Gasteiger partial charge is 0.257 e. The van der Waals surface area contributed by atoms with Crippen molar-refractivity contribution in [3.05, 3.63) is 58.9 Å². The average molecular weight is 362 g/mol. The number of hydrogen-bond acceptors (Lipinski definition) is 5. The molecule has 0 spiro atoms. The van der Waals surface area contributed by atoms with Crippen LogP contribution >= 0.6 is 11.3 Å². The van der Waals surface area contributed by atoms with Crippen molar-refractivity contribution in [1.29, 1.82) is 0 Å². The summed E-state index contributed by atoms with van der Waals surface area (Å²) < 4.78 is 1.08. The normalized spacial score (nSPS) is 11.2. The minimum absolute atomic E-state index is 0.193. The number of anilines is 1. The molecule has 0 aliphatic heterocycles. The van der Waals surface area contributed by atoms with E-state index in [-0.39, 0.29) is 5.91 Å². The third-order valence-corrected chi connectivity index (χ3v) is 5.35. The fraction of sp³-hybridized carbons (Fsp3) is 0.200. The van der Waals surface area contributed by atoms with E-state index in [4.69, 9.17) is 0 Å². The third-order valence-electron chi connectivity index (χ3n) is 4.42. The number of carbonyl (C=O) groups excluding carboxylic acids is 1. The molecule has 0 fully saturated rings. The Labute approximate surface area is 155 Å². The second-order valence-corrected chi connectivity index (χ2v) is 7.26. The van der Waals surface area contributed by atoms with Crippen molar-refractivity contribution in [2.75, 3.05) is 5.32 Å². The van der Waals surface area contributed by atoms with Crippen molar-refractivity contribution in [3.63, 3.8) is 0 Å². The molecule has 6 heteroatoms. The number of nitrogens with one attached hydrogen (secondary N) is 1. The van der Waals surface area contributed by atoms with Crippen molar-refractivity contribution < 1.29 is 4.79 Å². The lowest BCUT2D eigenvalue weighted by Crippen LogP contribution is -2.11. The molecule has 0 atom stereocenters. The summed E-state index contributed by atoms with van der Waals surface area (Å²) in [5.74, 6) is -0.193. The summed E-state index contributed by atoms with van der Waals surface area (Å²) in [6.07, 6.45) is 0.979. The number of thiazole rings is 1. The van der Waals surface area contributed by atoms with Gasteiger partial charge in [-0.1, -0.05) is 24.3 Å². The lowest BCUT2D eigenvalue weighted by molar-refractivity contribution is 0.102. The maximum absolute atomic E-state index is 12.6. The first-order chi connectivity index (χ1) is 12.5. The maximum atomic E-state index is 12.6. The molecule has 4 rings (SSSR count). The molecule has 5 nitrogen and oxygen atoms in total. The molecular formula is C20H18N4OS. The van der Waals surface area contributed by atoms with Gasteiger partial charge >= 0.3 is 0 Å². The highest BCUT2D eigenvalue weighted by atomic mass is 32.1. The first kappa shape index (κ1) is 16.6. The van der Waals surface area contributed by atoms with Crippen molar-refractivity contribution in [2.45, 2.75) is 27.2 Å². The van der Waals surface area contributed by atoms with Crippen LogP contribution in [0.5, 0.6) is 0 Å². The molecule has 2 aromatic heterocycles. The van der Waals surface area contributed by atoms with Crippen molar-refractivity contribution in [3.8, 4) is 0 Å². The number of hydrogen-bond donors (Lipinski definition) is 1. The van der Waals surface area contributed by atoms with E-state index in [1.54, 1.807) is 12.1 Å². The fourth-order valence-electron chi connectivity index (χ4n) is 2.78. The maximum Gasteiger partial charge on any atom is 0.257 e. The van der Waals surface area contributed by atoms with Gasteiger partial charge in [-0.2, -0.15) is 0 Å². The van der Waals surface area contributed by atoms with E-state index in [1.165, 1.54) is 16.9 Å². The highest BCUT2D eigenvalue weighted by molar-refractivity contribution is 7.22. The van der Waals surface area contributed by atoms with Gasteiger partial charge in [-0.25, -0.2) is 15.0 Å². The lowest BCUT2D eigenvalue weighted by Gasteiger charge is -2.05. The summed E-state index contributed by atoms with van der Waals surface area (Å²) in [6.45, 7) is 5.97. The quantitative estimate of drug-likeness (QED) is 0.575. The highest BCUT2D eigenvalue weighted by Crippen LogP contribution is 2.27. The molecule has 0 bridgehead atoms. The standard InChI is InChI=1S/C20H18N4OS/c1-4-13-5-7-16-18(9-13)26-20(23-16)24-19(25)14-6-8-15-17(10-14)22-12(3)11(2)21-15/h5-10H,4H2,1-3H3,(H,23,24,25). The minimum Gasteiger partial charge on any atom is -0.298 e. The topological polar surface area (TPSA) is 67.8 Å². The summed E-state index contributed by atoms with van der Waals surface area (Å²) >= 11 is 1.49. The van der Waals surface area contributed by atoms with Crippen LogP contribution in [0.15, 0.2) is 36.4 Å². The Morgan fingerprint density at radius 3 is 2.46 bits per heavy atom. The lowest BCUT2D eigenvalue weighted by atomic mass is 10.1. The third kappa shape index (κ3) is 3.04. The fourth-order valence-corrected chi connectivity index (χ4v) is 3.71. The molecule has 2 heterocycles. The Kier molecular flexibility index (Phi) is 4.12. The van der Waals surface area contributed by atoms with Crippen LogP contribution < -0.4 is 5.32 Å². The molecule has 0 unspecified atom stereocenters. The molecule has 1 amide bonds. The molecule has 0 aliphatic carbocycles. The molecule has 0 saturated heterocycles. The van der Waals surface area contributed by atoms with E-state index >= 15 is 0 Å². The molecular weight excluding hydrogens is 344 g/mol. The Morgan fingerprint density at radius 2 is 1.69 bits per heavy atom. The van der Waals surface area contributed by atoms with Crippen LogP contribution in [0.3, 0.4) is 0 Å². The number of aryl methyl sites for hydroxylation is 3. The molecule has 26 heavy (non-hydrogen) atoms. The summed E-state index contributed by atoms with van der Waals surface area (Å²) in [5, 5.41) is 3.50. The number of benzene rings is 2. The predicted octanol–water partition coefficient (Wildman–Crippen LogP) is 4.67. The van der Waals surface area contributed by atoms with Crippen LogP contribution in [0.2, 0.25) is 0 Å². The van der Waals surface area contributed by atoms with Gasteiger partial charge in [-0.05, 0) is 56.2 Å². The van der Waals surface area contributed by atoms with E-state index in [9.17, 15) is 4.79 Å². The van der Waals surface area contributed by atoms with Gasteiger partial charge < -0.3 is 0 Å². The Bertz CT molecular complexity index is 1150.